The van der Waals surface area contributed by atoms with Crippen molar-refractivity contribution in [3.8, 4) is 5.75 Å². The number of benzene rings is 2. The summed E-state index contributed by atoms with van der Waals surface area (Å²) < 4.78 is 6.41. The summed E-state index contributed by atoms with van der Waals surface area (Å²) in [4.78, 5) is 11.1. The number of carboxylic acid groups (broad SMARTS) is 1. The molecule has 0 spiro atoms. The molecule has 0 fully saturated rings. The number of halogens is 2. The quantitative estimate of drug-likeness (QED) is 0.798. The Hall–Kier alpha value is -1.27. The van der Waals surface area contributed by atoms with Crippen LogP contribution in [0.1, 0.15) is 15.9 Å². The van der Waals surface area contributed by atoms with Crippen LogP contribution >= 0.6 is 34.2 Å². The van der Waals surface area contributed by atoms with E-state index in [-0.39, 0.29) is 5.56 Å². The lowest BCUT2D eigenvalue weighted by Crippen LogP contribution is -2.03. The van der Waals surface area contributed by atoms with Crippen LogP contribution in [0.2, 0.25) is 5.02 Å². The lowest BCUT2D eigenvalue weighted by Gasteiger charge is -2.09. The zero-order chi connectivity index (χ0) is 13.8. The fourth-order valence-electron chi connectivity index (χ4n) is 1.54. The molecule has 0 saturated heterocycles. The molecule has 5 heteroatoms. The third-order valence-corrected chi connectivity index (χ3v) is 3.40. The number of hydrogen-bond acceptors (Lipinski definition) is 2. The molecule has 0 aliphatic heterocycles. The summed E-state index contributed by atoms with van der Waals surface area (Å²) in [6, 6.07) is 12.3. The first-order valence-electron chi connectivity index (χ1n) is 5.46. The molecule has 3 nitrogen and oxygen atoms in total. The average Bonchev–Trinajstić information content (AvgIpc) is 2.39. The normalized spacial score (nSPS) is 10.2. The van der Waals surface area contributed by atoms with Crippen LogP contribution in [0.15, 0.2) is 42.5 Å². The molecule has 0 saturated carbocycles. The molecule has 0 aromatic heterocycles. The Morgan fingerprint density at radius 2 is 1.89 bits per heavy atom. The highest BCUT2D eigenvalue weighted by atomic mass is 127. The maximum absolute atomic E-state index is 11.1. The van der Waals surface area contributed by atoms with Gasteiger partial charge in [-0.15, -0.1) is 0 Å². The van der Waals surface area contributed by atoms with Crippen molar-refractivity contribution in [2.24, 2.45) is 0 Å². The number of ether oxygens (including phenoxy) is 1. The van der Waals surface area contributed by atoms with E-state index < -0.39 is 5.97 Å². The van der Waals surface area contributed by atoms with Gasteiger partial charge < -0.3 is 9.84 Å². The van der Waals surface area contributed by atoms with Gasteiger partial charge in [-0.05, 0) is 58.5 Å². The highest BCUT2D eigenvalue weighted by molar-refractivity contribution is 14.1. The topological polar surface area (TPSA) is 46.5 Å². The van der Waals surface area contributed by atoms with Crippen LogP contribution in [-0.2, 0) is 6.61 Å². The predicted octanol–water partition coefficient (Wildman–Crippen LogP) is 4.22. The molecule has 0 aliphatic rings. The van der Waals surface area contributed by atoms with Gasteiger partial charge in [0.05, 0.1) is 0 Å². The lowest BCUT2D eigenvalue weighted by atomic mass is 10.2. The summed E-state index contributed by atoms with van der Waals surface area (Å²) in [5.41, 5.74) is 1.10. The predicted molar refractivity (Wildman–Crippen MR) is 81.9 cm³/mol. The van der Waals surface area contributed by atoms with Crippen molar-refractivity contribution in [2.45, 2.75) is 6.61 Å². The van der Waals surface area contributed by atoms with Crippen LogP contribution in [0, 0.1) is 3.57 Å². The third kappa shape index (κ3) is 3.84. The zero-order valence-corrected chi connectivity index (χ0v) is 12.7. The molecule has 0 unspecified atom stereocenters. The second-order valence-corrected chi connectivity index (χ2v) is 5.54. The minimum absolute atomic E-state index is 0.167. The second-order valence-electron chi connectivity index (χ2n) is 3.86. The highest BCUT2D eigenvalue weighted by Crippen LogP contribution is 2.22. The Morgan fingerprint density at radius 1 is 1.21 bits per heavy atom. The van der Waals surface area contributed by atoms with Gasteiger partial charge in [0.25, 0.3) is 0 Å². The first-order chi connectivity index (χ1) is 9.06. The molecule has 0 aliphatic carbocycles. The number of aromatic carboxylic acids is 1. The average molecular weight is 389 g/mol. The smallest absolute Gasteiger partial charge is 0.339 e. The van der Waals surface area contributed by atoms with Gasteiger partial charge in [0, 0.05) is 8.59 Å². The molecular weight excluding hydrogens is 379 g/mol. The van der Waals surface area contributed by atoms with Gasteiger partial charge >= 0.3 is 5.97 Å². The molecule has 0 radical (unpaired) electrons. The van der Waals surface area contributed by atoms with Gasteiger partial charge in [-0.25, -0.2) is 4.79 Å². The second kappa shape index (κ2) is 6.25. The SMILES string of the molecule is O=C(O)c1cc(I)ccc1OCc1ccc(Cl)cc1. The number of carboxylic acids is 1. The van der Waals surface area contributed by atoms with Crippen molar-refractivity contribution in [1.82, 2.24) is 0 Å². The number of hydrogen-bond donors (Lipinski definition) is 1. The standard InChI is InChI=1S/C14H10ClIO3/c15-10-3-1-9(2-4-10)8-19-13-6-5-11(16)7-12(13)14(17)18/h1-7H,8H2,(H,17,18). The summed E-state index contributed by atoms with van der Waals surface area (Å²) in [5.74, 6) is -0.632. The van der Waals surface area contributed by atoms with E-state index in [1.807, 2.05) is 18.2 Å². The number of rotatable bonds is 4. The summed E-state index contributed by atoms with van der Waals surface area (Å²) >= 11 is 7.86. The Labute approximate surface area is 129 Å². The fraction of sp³-hybridized carbons (Fsp3) is 0.0714. The van der Waals surface area contributed by atoms with Crippen LogP contribution < -0.4 is 4.74 Å². The summed E-state index contributed by atoms with van der Waals surface area (Å²) in [5, 5.41) is 9.78. The van der Waals surface area contributed by atoms with Crippen molar-refractivity contribution < 1.29 is 14.6 Å². The Balaban J connectivity index is 2.15. The van der Waals surface area contributed by atoms with Crippen molar-refractivity contribution in [1.29, 1.82) is 0 Å². The van der Waals surface area contributed by atoms with Crippen LogP contribution in [-0.4, -0.2) is 11.1 Å². The van der Waals surface area contributed by atoms with E-state index in [0.29, 0.717) is 17.4 Å². The van der Waals surface area contributed by atoms with Crippen LogP contribution in [0.25, 0.3) is 0 Å². The van der Waals surface area contributed by atoms with E-state index in [9.17, 15) is 4.79 Å². The monoisotopic (exact) mass is 388 g/mol. The van der Waals surface area contributed by atoms with Crippen LogP contribution in [0.4, 0.5) is 0 Å². The van der Waals surface area contributed by atoms with E-state index in [0.717, 1.165) is 9.13 Å². The Bertz CT molecular complexity index is 596. The van der Waals surface area contributed by atoms with Crippen LogP contribution in [0.5, 0.6) is 5.75 Å². The van der Waals surface area contributed by atoms with E-state index in [1.54, 1.807) is 24.3 Å². The molecule has 19 heavy (non-hydrogen) atoms. The lowest BCUT2D eigenvalue weighted by molar-refractivity contribution is 0.0691. The third-order valence-electron chi connectivity index (χ3n) is 2.48. The van der Waals surface area contributed by atoms with Crippen molar-refractivity contribution >= 4 is 40.2 Å². The molecule has 1 N–H and O–H groups in total. The maximum atomic E-state index is 11.1. The fourth-order valence-corrected chi connectivity index (χ4v) is 2.15. The minimum atomic E-state index is -0.996. The van der Waals surface area contributed by atoms with Gasteiger partial charge in [0.1, 0.15) is 17.9 Å². The van der Waals surface area contributed by atoms with E-state index in [4.69, 9.17) is 21.4 Å². The summed E-state index contributed by atoms with van der Waals surface area (Å²) in [6.45, 7) is 0.304. The molecule has 0 heterocycles. The molecule has 0 bridgehead atoms. The molecule has 0 amide bonds. The van der Waals surface area contributed by atoms with Crippen molar-refractivity contribution in [3.63, 3.8) is 0 Å². The Morgan fingerprint density at radius 3 is 2.53 bits per heavy atom. The first-order valence-corrected chi connectivity index (χ1v) is 6.92. The molecule has 2 rings (SSSR count). The van der Waals surface area contributed by atoms with Gasteiger partial charge in [-0.1, -0.05) is 23.7 Å². The van der Waals surface area contributed by atoms with Gasteiger partial charge in [0.15, 0.2) is 0 Å². The molecule has 2 aromatic carbocycles. The number of carbonyl (C=O) groups is 1. The van der Waals surface area contributed by atoms with Crippen molar-refractivity contribution in [3.05, 3.63) is 62.2 Å². The molecular formula is C14H10ClIO3. The molecule has 0 atom stereocenters. The molecule has 2 aromatic rings. The van der Waals surface area contributed by atoms with Gasteiger partial charge in [-0.3, -0.25) is 0 Å². The minimum Gasteiger partial charge on any atom is -0.488 e. The first kappa shape index (κ1) is 14.1. The highest BCUT2D eigenvalue weighted by Gasteiger charge is 2.11. The van der Waals surface area contributed by atoms with E-state index in [1.165, 1.54) is 0 Å². The maximum Gasteiger partial charge on any atom is 0.339 e. The van der Waals surface area contributed by atoms with Crippen LogP contribution in [0.3, 0.4) is 0 Å². The van der Waals surface area contributed by atoms with Gasteiger partial charge in [0.2, 0.25) is 0 Å². The largest absolute Gasteiger partial charge is 0.488 e. The summed E-state index contributed by atoms with van der Waals surface area (Å²) in [7, 11) is 0. The molecule has 98 valence electrons. The van der Waals surface area contributed by atoms with E-state index >= 15 is 0 Å². The van der Waals surface area contributed by atoms with Crippen molar-refractivity contribution in [2.75, 3.05) is 0 Å². The Kier molecular flexibility index (Phi) is 4.66. The van der Waals surface area contributed by atoms with Gasteiger partial charge in [-0.2, -0.15) is 0 Å². The summed E-state index contributed by atoms with van der Waals surface area (Å²) in [6.07, 6.45) is 0. The van der Waals surface area contributed by atoms with E-state index in [2.05, 4.69) is 22.6 Å². The zero-order valence-electron chi connectivity index (χ0n) is 9.77.